The molecule has 0 saturated carbocycles. The topological polar surface area (TPSA) is 83.1 Å². The van der Waals surface area contributed by atoms with Gasteiger partial charge in [0.2, 0.25) is 0 Å². The van der Waals surface area contributed by atoms with Crippen LogP contribution < -0.4 is 10.6 Å². The quantitative estimate of drug-likeness (QED) is 0.167. The van der Waals surface area contributed by atoms with Crippen molar-refractivity contribution in [2.45, 2.75) is 76.7 Å². The van der Waals surface area contributed by atoms with Crippen LogP contribution in [0.15, 0.2) is 103 Å². The number of carbonyl (C=O) groups excluding carboxylic acids is 1. The van der Waals surface area contributed by atoms with Crippen molar-refractivity contribution in [3.8, 4) is 11.1 Å². The Morgan fingerprint density at radius 1 is 0.681 bits per heavy atom. The average molecular weight is 634 g/mol. The lowest BCUT2D eigenvalue weighted by molar-refractivity contribution is -0.253. The third-order valence-electron chi connectivity index (χ3n) is 9.22. The van der Waals surface area contributed by atoms with Gasteiger partial charge >= 0.3 is 6.03 Å². The van der Waals surface area contributed by atoms with Crippen LogP contribution in [0.2, 0.25) is 0 Å². The van der Waals surface area contributed by atoms with Gasteiger partial charge in [-0.15, -0.1) is 0 Å². The number of urea groups is 1. The second kappa shape index (κ2) is 16.7. The Kier molecular flexibility index (Phi) is 11.7. The molecule has 2 fully saturated rings. The lowest BCUT2D eigenvalue weighted by atomic mass is 9.98. The minimum absolute atomic E-state index is 0.0327. The molecule has 4 aromatic rings. The van der Waals surface area contributed by atoms with Crippen molar-refractivity contribution in [2.24, 2.45) is 0 Å². The summed E-state index contributed by atoms with van der Waals surface area (Å²) >= 11 is 0. The smallest absolute Gasteiger partial charge is 0.315 e. The van der Waals surface area contributed by atoms with E-state index in [1.807, 2.05) is 54.6 Å². The molecule has 2 aliphatic heterocycles. The van der Waals surface area contributed by atoms with E-state index < -0.39 is 6.29 Å². The average Bonchev–Trinajstić information content (AvgIpc) is 3.11. The van der Waals surface area contributed by atoms with E-state index in [1.165, 1.54) is 32.1 Å². The van der Waals surface area contributed by atoms with Crippen molar-refractivity contribution in [2.75, 3.05) is 19.6 Å². The molecule has 246 valence electrons. The zero-order chi connectivity index (χ0) is 32.3. The summed E-state index contributed by atoms with van der Waals surface area (Å²) in [6, 6.07) is 34.5. The Balaban J connectivity index is 1.11. The maximum atomic E-state index is 12.4. The van der Waals surface area contributed by atoms with Crippen LogP contribution in [0, 0.1) is 0 Å². The highest BCUT2D eigenvalue weighted by Gasteiger charge is 2.33. The highest BCUT2D eigenvalue weighted by atomic mass is 16.7. The summed E-state index contributed by atoms with van der Waals surface area (Å²) in [6.45, 7) is 4.13. The number of ether oxygens (including phenoxy) is 2. The molecule has 2 saturated heterocycles. The molecule has 0 aliphatic carbocycles. The molecule has 0 unspecified atom stereocenters. The number of amides is 2. The minimum Gasteiger partial charge on any atom is -0.392 e. The van der Waals surface area contributed by atoms with E-state index in [0.717, 1.165) is 65.0 Å². The first-order valence-electron chi connectivity index (χ1n) is 17.1. The number of hydrogen-bond acceptors (Lipinski definition) is 5. The molecule has 6 rings (SSSR count). The third kappa shape index (κ3) is 9.52. The van der Waals surface area contributed by atoms with E-state index in [0.29, 0.717) is 13.1 Å². The molecule has 2 amide bonds. The predicted molar refractivity (Wildman–Crippen MR) is 185 cm³/mol. The number of likely N-dealkylation sites (tertiary alicyclic amines) is 1. The van der Waals surface area contributed by atoms with Gasteiger partial charge in [0.1, 0.15) is 0 Å². The normalized spacial score (nSPS) is 20.6. The summed E-state index contributed by atoms with van der Waals surface area (Å²) < 4.78 is 13.3. The van der Waals surface area contributed by atoms with Crippen LogP contribution in [0.5, 0.6) is 0 Å². The van der Waals surface area contributed by atoms with Crippen LogP contribution in [-0.4, -0.2) is 41.8 Å². The van der Waals surface area contributed by atoms with Crippen molar-refractivity contribution in [3.63, 3.8) is 0 Å². The molecule has 0 aromatic heterocycles. The Hall–Kier alpha value is -4.01. The molecule has 7 heteroatoms. The number of hydrogen-bond donors (Lipinski definition) is 3. The summed E-state index contributed by atoms with van der Waals surface area (Å²) in [4.78, 5) is 15.0. The van der Waals surface area contributed by atoms with Crippen molar-refractivity contribution >= 4 is 6.03 Å². The molecule has 0 bridgehead atoms. The fraction of sp³-hybridized carbons (Fsp3) is 0.375. The molecule has 2 aliphatic rings. The van der Waals surface area contributed by atoms with Crippen molar-refractivity contribution in [1.29, 1.82) is 0 Å². The number of aliphatic hydroxyl groups excluding tert-OH is 1. The SMILES string of the molecule is O=C(NCc1ccccc1)NCc1cccc(-c2ccc([C@H]3O[C@@H](CN4CCCCCCC4)C[C@@H](c4ccc(CO)cc4)O3)cc2)c1. The van der Waals surface area contributed by atoms with Gasteiger partial charge in [-0.1, -0.05) is 116 Å². The molecule has 47 heavy (non-hydrogen) atoms. The molecule has 3 atom stereocenters. The lowest BCUT2D eigenvalue weighted by Crippen LogP contribution is -2.40. The first-order chi connectivity index (χ1) is 23.1. The Bertz CT molecular complexity index is 1540. The maximum absolute atomic E-state index is 12.4. The van der Waals surface area contributed by atoms with E-state index in [9.17, 15) is 9.90 Å². The fourth-order valence-electron chi connectivity index (χ4n) is 6.53. The highest BCUT2D eigenvalue weighted by molar-refractivity contribution is 5.74. The predicted octanol–water partition coefficient (Wildman–Crippen LogP) is 7.66. The van der Waals surface area contributed by atoms with Crippen molar-refractivity contribution < 1.29 is 19.4 Å². The minimum atomic E-state index is -0.468. The van der Waals surface area contributed by atoms with Gasteiger partial charge < -0.3 is 30.1 Å². The summed E-state index contributed by atoms with van der Waals surface area (Å²) in [5.74, 6) is 0. The number of carbonyl (C=O) groups is 1. The number of benzene rings is 4. The van der Waals surface area contributed by atoms with Gasteiger partial charge in [0.05, 0.1) is 18.8 Å². The Labute approximate surface area is 278 Å². The van der Waals surface area contributed by atoms with Gasteiger partial charge in [-0.2, -0.15) is 0 Å². The summed E-state index contributed by atoms with van der Waals surface area (Å²) in [5.41, 5.74) is 7.28. The molecule has 7 nitrogen and oxygen atoms in total. The lowest BCUT2D eigenvalue weighted by Gasteiger charge is -2.38. The Morgan fingerprint density at radius 2 is 1.34 bits per heavy atom. The molecule has 2 heterocycles. The van der Waals surface area contributed by atoms with Crippen LogP contribution in [0.1, 0.15) is 78.7 Å². The highest BCUT2D eigenvalue weighted by Crippen LogP contribution is 2.39. The van der Waals surface area contributed by atoms with E-state index in [-0.39, 0.29) is 24.8 Å². The van der Waals surface area contributed by atoms with E-state index in [2.05, 4.69) is 64.1 Å². The van der Waals surface area contributed by atoms with Crippen LogP contribution in [0.4, 0.5) is 4.79 Å². The molecular weight excluding hydrogens is 586 g/mol. The number of rotatable bonds is 10. The third-order valence-corrected chi connectivity index (χ3v) is 9.22. The zero-order valence-electron chi connectivity index (χ0n) is 27.2. The van der Waals surface area contributed by atoms with E-state index >= 15 is 0 Å². The molecular formula is C40H47N3O4. The number of nitrogens with one attached hydrogen (secondary N) is 2. The molecule has 0 spiro atoms. The van der Waals surface area contributed by atoms with E-state index in [4.69, 9.17) is 9.47 Å². The van der Waals surface area contributed by atoms with Gasteiger partial charge in [0.25, 0.3) is 0 Å². The summed E-state index contributed by atoms with van der Waals surface area (Å²) in [7, 11) is 0. The van der Waals surface area contributed by atoms with Gasteiger partial charge in [0, 0.05) is 31.6 Å². The summed E-state index contributed by atoms with van der Waals surface area (Å²) in [5, 5.41) is 15.4. The van der Waals surface area contributed by atoms with Gasteiger partial charge in [-0.3, -0.25) is 0 Å². The zero-order valence-corrected chi connectivity index (χ0v) is 27.2. The standard InChI is InChI=1S/C40H47N3O4/c44-29-31-14-16-34(17-15-31)38-25-37(28-43-22-7-2-1-3-8-23-43)46-39(47-38)35-20-18-33(19-21-35)36-13-9-12-32(24-36)27-42-40(45)41-26-30-10-5-4-6-11-30/h4-6,9-21,24,37-39,44H,1-3,7-8,22-23,25-29H2,(H2,41,42,45)/t37-,38+,39+/m1/s1. The molecule has 3 N–H and O–H groups in total. The second-order valence-corrected chi connectivity index (χ2v) is 12.8. The Morgan fingerprint density at radius 3 is 2.06 bits per heavy atom. The first kappa shape index (κ1) is 32.9. The molecule has 4 aromatic carbocycles. The van der Waals surface area contributed by atoms with Crippen LogP contribution in [0.3, 0.4) is 0 Å². The monoisotopic (exact) mass is 633 g/mol. The van der Waals surface area contributed by atoms with Crippen LogP contribution in [-0.2, 0) is 29.2 Å². The largest absolute Gasteiger partial charge is 0.392 e. The second-order valence-electron chi connectivity index (χ2n) is 12.8. The van der Waals surface area contributed by atoms with Gasteiger partial charge in [-0.25, -0.2) is 4.79 Å². The van der Waals surface area contributed by atoms with Crippen LogP contribution in [0.25, 0.3) is 11.1 Å². The van der Waals surface area contributed by atoms with E-state index in [1.54, 1.807) is 0 Å². The van der Waals surface area contributed by atoms with Crippen LogP contribution >= 0.6 is 0 Å². The maximum Gasteiger partial charge on any atom is 0.315 e. The fourth-order valence-corrected chi connectivity index (χ4v) is 6.53. The molecule has 0 radical (unpaired) electrons. The van der Waals surface area contributed by atoms with Gasteiger partial charge in [-0.05, 0) is 65.4 Å². The van der Waals surface area contributed by atoms with Crippen molar-refractivity contribution in [3.05, 3.63) is 131 Å². The number of nitrogens with zero attached hydrogens (tertiary/aromatic N) is 1. The number of aliphatic hydroxyl groups is 1. The van der Waals surface area contributed by atoms with Gasteiger partial charge in [0.15, 0.2) is 6.29 Å². The first-order valence-corrected chi connectivity index (χ1v) is 17.1. The summed E-state index contributed by atoms with van der Waals surface area (Å²) in [6.07, 6.45) is 6.77. The van der Waals surface area contributed by atoms with Crippen molar-refractivity contribution in [1.82, 2.24) is 15.5 Å².